The summed E-state index contributed by atoms with van der Waals surface area (Å²) in [5, 5.41) is 2.99. The summed E-state index contributed by atoms with van der Waals surface area (Å²) in [5.41, 5.74) is 9.74. The zero-order valence-electron chi connectivity index (χ0n) is 15.0. The lowest BCUT2D eigenvalue weighted by Gasteiger charge is -2.19. The van der Waals surface area contributed by atoms with Gasteiger partial charge in [0.15, 0.2) is 0 Å². The monoisotopic (exact) mass is 353 g/mol. The van der Waals surface area contributed by atoms with Gasteiger partial charge in [0.25, 0.3) is 0 Å². The molecule has 136 valence electrons. The number of pyridine rings is 1. The first kappa shape index (κ1) is 18.1. The fourth-order valence-corrected chi connectivity index (χ4v) is 3.13. The molecule has 6 nitrogen and oxygen atoms in total. The maximum atomic E-state index is 12.5. The number of nitrogens with two attached hydrogens (primary N) is 1. The zero-order chi connectivity index (χ0) is 18.7. The topological polar surface area (TPSA) is 94.3 Å². The third kappa shape index (κ3) is 3.75. The van der Waals surface area contributed by atoms with E-state index >= 15 is 0 Å². The van der Waals surface area contributed by atoms with E-state index in [0.29, 0.717) is 11.3 Å². The van der Waals surface area contributed by atoms with Crippen molar-refractivity contribution in [1.29, 1.82) is 0 Å². The first-order valence-electron chi connectivity index (χ1n) is 8.74. The maximum absolute atomic E-state index is 12.5. The van der Waals surface area contributed by atoms with Crippen LogP contribution in [-0.2, 0) is 9.53 Å². The van der Waals surface area contributed by atoms with Crippen LogP contribution in [0.5, 0.6) is 0 Å². The van der Waals surface area contributed by atoms with Gasteiger partial charge >= 0.3 is 5.97 Å². The van der Waals surface area contributed by atoms with Crippen LogP contribution in [0.25, 0.3) is 11.1 Å². The molecule has 1 aliphatic heterocycles. The number of carbonyl (C=O) groups is 2. The minimum absolute atomic E-state index is 0.0412. The van der Waals surface area contributed by atoms with E-state index in [2.05, 4.69) is 10.3 Å². The molecule has 0 unspecified atom stereocenters. The fraction of sp³-hybridized carbons (Fsp3) is 0.350. The van der Waals surface area contributed by atoms with Crippen molar-refractivity contribution in [3.63, 3.8) is 0 Å². The molecule has 1 aromatic carbocycles. The Labute approximate surface area is 152 Å². The van der Waals surface area contributed by atoms with Gasteiger partial charge in [0.05, 0.1) is 18.4 Å². The molecule has 2 atom stereocenters. The zero-order valence-corrected chi connectivity index (χ0v) is 15.0. The largest absolute Gasteiger partial charge is 0.465 e. The van der Waals surface area contributed by atoms with Gasteiger partial charge in [0, 0.05) is 29.4 Å². The smallest absolute Gasteiger partial charge is 0.337 e. The normalized spacial score (nSPS) is 20.2. The summed E-state index contributed by atoms with van der Waals surface area (Å²) in [7, 11) is 1.34. The van der Waals surface area contributed by atoms with E-state index in [-0.39, 0.29) is 17.9 Å². The number of hydrogen-bond acceptors (Lipinski definition) is 5. The lowest BCUT2D eigenvalue weighted by Crippen LogP contribution is -2.22. The van der Waals surface area contributed by atoms with E-state index in [1.807, 2.05) is 19.1 Å². The Hall–Kier alpha value is -2.73. The van der Waals surface area contributed by atoms with Crippen molar-refractivity contribution in [2.75, 3.05) is 12.4 Å². The van der Waals surface area contributed by atoms with Crippen LogP contribution in [0.1, 0.15) is 48.3 Å². The molecule has 3 rings (SSSR count). The highest BCUT2D eigenvalue weighted by molar-refractivity contribution is 5.99. The Kier molecular flexibility index (Phi) is 5.32. The highest BCUT2D eigenvalue weighted by atomic mass is 16.5. The average molecular weight is 353 g/mol. The quantitative estimate of drug-likeness (QED) is 0.767. The number of carbonyl (C=O) groups excluding carboxylic acids is 2. The van der Waals surface area contributed by atoms with E-state index in [4.69, 9.17) is 10.5 Å². The molecule has 2 aromatic rings. The summed E-state index contributed by atoms with van der Waals surface area (Å²) in [6.07, 6.45) is 4.09. The molecule has 1 amide bonds. The molecule has 1 aromatic heterocycles. The average Bonchev–Trinajstić information content (AvgIpc) is 2.66. The molecule has 6 heteroatoms. The summed E-state index contributed by atoms with van der Waals surface area (Å²) >= 11 is 0. The Balaban J connectivity index is 2.14. The van der Waals surface area contributed by atoms with E-state index in [1.54, 1.807) is 24.4 Å². The molecule has 0 saturated carbocycles. The molecule has 0 radical (unpaired) electrons. The number of benzene rings is 1. The van der Waals surface area contributed by atoms with Crippen LogP contribution in [-0.4, -0.2) is 24.0 Å². The number of ether oxygens (including phenoxy) is 1. The lowest BCUT2D eigenvalue weighted by molar-refractivity contribution is -0.119. The van der Waals surface area contributed by atoms with Gasteiger partial charge in [0.1, 0.15) is 0 Å². The number of nitrogens with one attached hydrogen (secondary N) is 1. The lowest BCUT2D eigenvalue weighted by atomic mass is 9.95. The van der Waals surface area contributed by atoms with Gasteiger partial charge in [-0.3, -0.25) is 9.78 Å². The van der Waals surface area contributed by atoms with Crippen molar-refractivity contribution in [2.24, 2.45) is 11.7 Å². The number of fused-ring (bicyclic) bond motifs is 4. The summed E-state index contributed by atoms with van der Waals surface area (Å²) < 4.78 is 4.82. The first-order valence-corrected chi connectivity index (χ1v) is 8.74. The van der Waals surface area contributed by atoms with Crippen LogP contribution in [0.2, 0.25) is 0 Å². The molecule has 0 saturated heterocycles. The maximum Gasteiger partial charge on any atom is 0.337 e. The number of rotatable bonds is 1. The third-order valence-corrected chi connectivity index (χ3v) is 4.77. The molecule has 2 heterocycles. The molecule has 2 bridgehead atoms. The predicted octanol–water partition coefficient (Wildman–Crippen LogP) is 3.29. The number of anilines is 1. The van der Waals surface area contributed by atoms with Crippen molar-refractivity contribution < 1.29 is 14.3 Å². The van der Waals surface area contributed by atoms with Gasteiger partial charge in [-0.2, -0.15) is 0 Å². The number of methoxy groups -OCH3 is 1. The van der Waals surface area contributed by atoms with Crippen molar-refractivity contribution in [3.8, 4) is 11.1 Å². The third-order valence-electron chi connectivity index (χ3n) is 4.77. The molecule has 0 fully saturated rings. The second-order valence-electron chi connectivity index (χ2n) is 6.65. The molecular weight excluding hydrogens is 330 g/mol. The van der Waals surface area contributed by atoms with Crippen LogP contribution in [0.4, 0.5) is 5.69 Å². The summed E-state index contributed by atoms with van der Waals surface area (Å²) in [5.74, 6) is -0.592. The summed E-state index contributed by atoms with van der Waals surface area (Å²) in [6.45, 7) is 1.91. The van der Waals surface area contributed by atoms with Gasteiger partial charge < -0.3 is 15.8 Å². The predicted molar refractivity (Wildman–Crippen MR) is 99.6 cm³/mol. The Bertz CT molecular complexity index is 835. The van der Waals surface area contributed by atoms with Crippen molar-refractivity contribution in [3.05, 3.63) is 47.8 Å². The Morgan fingerprint density at radius 2 is 2.08 bits per heavy atom. The van der Waals surface area contributed by atoms with Gasteiger partial charge in [-0.1, -0.05) is 13.3 Å². The van der Waals surface area contributed by atoms with Crippen LogP contribution in [0, 0.1) is 5.92 Å². The molecule has 1 aliphatic rings. The second-order valence-corrected chi connectivity index (χ2v) is 6.65. The van der Waals surface area contributed by atoms with Gasteiger partial charge in [0.2, 0.25) is 5.91 Å². The Morgan fingerprint density at radius 1 is 1.27 bits per heavy atom. The minimum atomic E-state index is -0.426. The molecule has 3 N–H and O–H groups in total. The van der Waals surface area contributed by atoms with Crippen LogP contribution in [0.15, 0.2) is 36.5 Å². The number of aromatic nitrogens is 1. The van der Waals surface area contributed by atoms with Gasteiger partial charge in [-0.05, 0) is 48.7 Å². The first-order chi connectivity index (χ1) is 12.5. The number of esters is 1. The highest BCUT2D eigenvalue weighted by Gasteiger charge is 2.20. The van der Waals surface area contributed by atoms with Crippen molar-refractivity contribution >= 4 is 17.6 Å². The summed E-state index contributed by atoms with van der Waals surface area (Å²) in [4.78, 5) is 28.8. The minimum Gasteiger partial charge on any atom is -0.465 e. The van der Waals surface area contributed by atoms with E-state index in [0.717, 1.165) is 36.1 Å². The molecular formula is C20H23N3O3. The summed E-state index contributed by atoms with van der Waals surface area (Å²) in [6, 6.07) is 8.69. The number of amides is 1. The second kappa shape index (κ2) is 7.66. The molecule has 26 heavy (non-hydrogen) atoms. The van der Waals surface area contributed by atoms with Gasteiger partial charge in [-0.25, -0.2) is 4.79 Å². The van der Waals surface area contributed by atoms with Gasteiger partial charge in [-0.15, -0.1) is 0 Å². The van der Waals surface area contributed by atoms with Crippen LogP contribution >= 0.6 is 0 Å². The van der Waals surface area contributed by atoms with E-state index < -0.39 is 5.97 Å². The highest BCUT2D eigenvalue weighted by Crippen LogP contribution is 2.32. The number of hydrogen-bond donors (Lipinski definition) is 2. The number of nitrogens with zero attached hydrogens (tertiary/aromatic N) is 1. The Morgan fingerprint density at radius 3 is 2.85 bits per heavy atom. The standard InChI is InChI=1S/C20H23N3O3/c1-12-4-3-5-16(21)18-11-13(8-9-22-18)15-10-14(20(25)26-2)6-7-17(15)23-19(12)24/h6-12,16H,3-5,21H2,1-2H3,(H,23,24)/t12-,16+/m1/s1. The molecule has 0 aliphatic carbocycles. The van der Waals surface area contributed by atoms with Crippen LogP contribution in [0.3, 0.4) is 0 Å². The van der Waals surface area contributed by atoms with E-state index in [1.165, 1.54) is 7.11 Å². The fourth-order valence-electron chi connectivity index (χ4n) is 3.13. The SMILES string of the molecule is COC(=O)c1ccc2c(c1)-c1ccnc(c1)[C@@H](N)CCC[C@@H](C)C(=O)N2. The van der Waals surface area contributed by atoms with E-state index in [9.17, 15) is 9.59 Å². The molecule has 0 spiro atoms. The van der Waals surface area contributed by atoms with Crippen molar-refractivity contribution in [2.45, 2.75) is 32.2 Å². The van der Waals surface area contributed by atoms with Crippen molar-refractivity contribution in [1.82, 2.24) is 4.98 Å². The van der Waals surface area contributed by atoms with Crippen LogP contribution < -0.4 is 11.1 Å².